The lowest BCUT2D eigenvalue weighted by Gasteiger charge is -2.28. The number of nitrogens with one attached hydrogen (secondary N) is 1. The molecule has 0 saturated carbocycles. The summed E-state index contributed by atoms with van der Waals surface area (Å²) in [6, 6.07) is 7.36. The molecule has 4 rings (SSSR count). The van der Waals surface area contributed by atoms with E-state index in [-0.39, 0.29) is 11.8 Å². The van der Waals surface area contributed by atoms with Gasteiger partial charge in [-0.05, 0) is 62.4 Å². The maximum Gasteiger partial charge on any atom is 0.265 e. The van der Waals surface area contributed by atoms with Crippen molar-refractivity contribution in [3.63, 3.8) is 0 Å². The monoisotopic (exact) mass is 492 g/mol. The quantitative estimate of drug-likeness (QED) is 0.676. The topological polar surface area (TPSA) is 67.9 Å². The summed E-state index contributed by atoms with van der Waals surface area (Å²) in [4.78, 5) is 29.2. The molecule has 6 nitrogen and oxygen atoms in total. The van der Waals surface area contributed by atoms with E-state index in [1.165, 1.54) is 16.2 Å². The molecule has 1 aliphatic carbocycles. The molecule has 0 spiro atoms. The molecule has 1 aromatic heterocycles. The Morgan fingerprint density at radius 2 is 1.87 bits per heavy atom. The number of thiophene rings is 1. The zero-order chi connectivity index (χ0) is 21.1. The molecule has 1 N–H and O–H groups in total. The standard InChI is InChI=1S/C22H25BrN2O4S/c1-14(29-16-8-6-15(23)7-9-16)20(26)24-21-19(17-4-2-3-5-18(17)30-21)22(27)25-10-12-28-13-11-25/h6-9,14H,2-5,10-13H2,1H3,(H,24,26)/t14-/m1/s1. The Balaban J connectivity index is 1.53. The molecule has 8 heteroatoms. The van der Waals surface area contributed by atoms with E-state index in [1.54, 1.807) is 6.92 Å². The SMILES string of the molecule is C[C@@H](Oc1ccc(Br)cc1)C(=O)Nc1sc2c(c1C(=O)N1CCOCC1)CCCC2. The third kappa shape index (κ3) is 4.71. The second-order valence-electron chi connectivity index (χ2n) is 7.52. The lowest BCUT2D eigenvalue weighted by atomic mass is 9.95. The molecular weight excluding hydrogens is 468 g/mol. The minimum absolute atomic E-state index is 0.00511. The van der Waals surface area contributed by atoms with Gasteiger partial charge in [0, 0.05) is 22.4 Å². The van der Waals surface area contributed by atoms with Crippen molar-refractivity contribution in [1.82, 2.24) is 4.90 Å². The number of halogens is 1. The molecule has 160 valence electrons. The summed E-state index contributed by atoms with van der Waals surface area (Å²) in [5.74, 6) is 0.359. The predicted molar refractivity (Wildman–Crippen MR) is 121 cm³/mol. The van der Waals surface area contributed by atoms with E-state index < -0.39 is 6.10 Å². The number of nitrogens with zero attached hydrogens (tertiary/aromatic N) is 1. The zero-order valence-corrected chi connectivity index (χ0v) is 19.3. The fourth-order valence-corrected chi connectivity index (χ4v) is 5.34. The normalized spacial score (nSPS) is 17.2. The second-order valence-corrected chi connectivity index (χ2v) is 9.54. The Morgan fingerprint density at radius 3 is 2.60 bits per heavy atom. The number of amides is 2. The van der Waals surface area contributed by atoms with E-state index in [1.807, 2.05) is 29.2 Å². The minimum atomic E-state index is -0.684. The zero-order valence-electron chi connectivity index (χ0n) is 16.9. The van der Waals surface area contributed by atoms with Gasteiger partial charge in [0.25, 0.3) is 11.8 Å². The van der Waals surface area contributed by atoms with Crippen molar-refractivity contribution in [3.8, 4) is 5.75 Å². The molecule has 1 atom stereocenters. The fraction of sp³-hybridized carbons (Fsp3) is 0.455. The molecule has 2 aliphatic rings. The molecule has 1 fully saturated rings. The molecule has 0 unspecified atom stereocenters. The average molecular weight is 493 g/mol. The van der Waals surface area contributed by atoms with E-state index in [2.05, 4.69) is 21.2 Å². The van der Waals surface area contributed by atoms with Gasteiger partial charge in [-0.1, -0.05) is 15.9 Å². The van der Waals surface area contributed by atoms with Gasteiger partial charge < -0.3 is 19.7 Å². The molecule has 2 aromatic rings. The Bertz CT molecular complexity index is 922. The number of morpholine rings is 1. The molecule has 0 bridgehead atoms. The number of fused-ring (bicyclic) bond motifs is 1. The summed E-state index contributed by atoms with van der Waals surface area (Å²) in [5, 5.41) is 3.63. The number of ether oxygens (including phenoxy) is 2. The van der Waals surface area contributed by atoms with Gasteiger partial charge in [0.1, 0.15) is 10.8 Å². The van der Waals surface area contributed by atoms with Crippen LogP contribution < -0.4 is 10.1 Å². The summed E-state index contributed by atoms with van der Waals surface area (Å²) in [6.45, 7) is 3.99. The minimum Gasteiger partial charge on any atom is -0.481 e. The largest absolute Gasteiger partial charge is 0.481 e. The molecule has 0 radical (unpaired) electrons. The lowest BCUT2D eigenvalue weighted by Crippen LogP contribution is -2.41. The highest BCUT2D eigenvalue weighted by Gasteiger charge is 2.30. The highest BCUT2D eigenvalue weighted by molar-refractivity contribution is 9.10. The van der Waals surface area contributed by atoms with Gasteiger partial charge in [-0.15, -0.1) is 11.3 Å². The van der Waals surface area contributed by atoms with Crippen LogP contribution in [0.25, 0.3) is 0 Å². The van der Waals surface area contributed by atoms with Crippen LogP contribution >= 0.6 is 27.3 Å². The van der Waals surface area contributed by atoms with Crippen LogP contribution in [0.5, 0.6) is 5.75 Å². The van der Waals surface area contributed by atoms with Crippen LogP contribution in [0.1, 0.15) is 40.6 Å². The number of hydrogen-bond donors (Lipinski definition) is 1. The second kappa shape index (κ2) is 9.49. The van der Waals surface area contributed by atoms with Crippen molar-refractivity contribution in [2.24, 2.45) is 0 Å². The van der Waals surface area contributed by atoms with Crippen molar-refractivity contribution in [3.05, 3.63) is 44.7 Å². The Kier molecular flexibility index (Phi) is 6.75. The number of aryl methyl sites for hydroxylation is 1. The Hall–Kier alpha value is -1.90. The van der Waals surface area contributed by atoms with E-state index in [0.717, 1.165) is 35.7 Å². The third-order valence-corrected chi connectivity index (χ3v) is 7.15. The maximum absolute atomic E-state index is 13.3. The summed E-state index contributed by atoms with van der Waals surface area (Å²) in [7, 11) is 0. The Labute approximate surface area is 188 Å². The average Bonchev–Trinajstić information content (AvgIpc) is 3.13. The van der Waals surface area contributed by atoms with Crippen molar-refractivity contribution in [2.75, 3.05) is 31.6 Å². The smallest absolute Gasteiger partial charge is 0.265 e. The molecule has 1 aromatic carbocycles. The first-order valence-electron chi connectivity index (χ1n) is 10.3. The number of carbonyl (C=O) groups is 2. The van der Waals surface area contributed by atoms with E-state index in [9.17, 15) is 9.59 Å². The Morgan fingerprint density at radius 1 is 1.17 bits per heavy atom. The molecule has 1 saturated heterocycles. The number of carbonyl (C=O) groups excluding carboxylic acids is 2. The van der Waals surface area contributed by atoms with Gasteiger partial charge in [0.15, 0.2) is 6.10 Å². The number of anilines is 1. The van der Waals surface area contributed by atoms with Crippen molar-refractivity contribution in [2.45, 2.75) is 38.7 Å². The molecular formula is C22H25BrN2O4S. The highest BCUT2D eigenvalue weighted by atomic mass is 79.9. The molecule has 1 aliphatic heterocycles. The highest BCUT2D eigenvalue weighted by Crippen LogP contribution is 2.39. The van der Waals surface area contributed by atoms with Crippen LogP contribution in [0.15, 0.2) is 28.7 Å². The summed E-state index contributed by atoms with van der Waals surface area (Å²) >= 11 is 4.93. The summed E-state index contributed by atoms with van der Waals surface area (Å²) in [6.07, 6.45) is 3.36. The molecule has 30 heavy (non-hydrogen) atoms. The van der Waals surface area contributed by atoms with Gasteiger partial charge in [-0.25, -0.2) is 0 Å². The maximum atomic E-state index is 13.3. The summed E-state index contributed by atoms with van der Waals surface area (Å²) < 4.78 is 12.1. The number of hydrogen-bond acceptors (Lipinski definition) is 5. The van der Waals surface area contributed by atoms with Crippen LogP contribution in [0.4, 0.5) is 5.00 Å². The van der Waals surface area contributed by atoms with Crippen molar-refractivity contribution >= 4 is 44.1 Å². The molecule has 2 amide bonds. The van der Waals surface area contributed by atoms with E-state index >= 15 is 0 Å². The van der Waals surface area contributed by atoms with Gasteiger partial charge in [-0.2, -0.15) is 0 Å². The van der Waals surface area contributed by atoms with Crippen LogP contribution in [-0.4, -0.2) is 49.1 Å². The van der Waals surface area contributed by atoms with E-state index in [0.29, 0.717) is 42.6 Å². The summed E-state index contributed by atoms with van der Waals surface area (Å²) in [5.41, 5.74) is 1.78. The third-order valence-electron chi connectivity index (χ3n) is 5.42. The first-order valence-corrected chi connectivity index (χ1v) is 11.9. The van der Waals surface area contributed by atoms with Gasteiger partial charge in [0.05, 0.1) is 18.8 Å². The van der Waals surface area contributed by atoms with Crippen LogP contribution in [0.2, 0.25) is 0 Å². The fourth-order valence-electron chi connectivity index (χ4n) is 3.79. The van der Waals surface area contributed by atoms with Gasteiger partial charge in [0.2, 0.25) is 0 Å². The van der Waals surface area contributed by atoms with Gasteiger partial charge >= 0.3 is 0 Å². The number of rotatable bonds is 5. The van der Waals surface area contributed by atoms with Gasteiger partial charge in [-0.3, -0.25) is 9.59 Å². The first-order chi connectivity index (χ1) is 14.5. The first kappa shape index (κ1) is 21.3. The molecule has 2 heterocycles. The van der Waals surface area contributed by atoms with Crippen LogP contribution in [0.3, 0.4) is 0 Å². The van der Waals surface area contributed by atoms with Crippen LogP contribution in [-0.2, 0) is 22.4 Å². The number of benzene rings is 1. The van der Waals surface area contributed by atoms with Crippen molar-refractivity contribution in [1.29, 1.82) is 0 Å². The van der Waals surface area contributed by atoms with Crippen LogP contribution in [0, 0.1) is 0 Å². The van der Waals surface area contributed by atoms with Crippen molar-refractivity contribution < 1.29 is 19.1 Å². The predicted octanol–water partition coefficient (Wildman–Crippen LogP) is 4.27. The van der Waals surface area contributed by atoms with E-state index in [4.69, 9.17) is 9.47 Å². The lowest BCUT2D eigenvalue weighted by molar-refractivity contribution is -0.122.